The fourth-order valence-corrected chi connectivity index (χ4v) is 11.8. The van der Waals surface area contributed by atoms with E-state index >= 15 is 0 Å². The van der Waals surface area contributed by atoms with Crippen molar-refractivity contribution in [2.24, 2.45) is 0 Å². The Bertz CT molecular complexity index is 3780. The highest BCUT2D eigenvalue weighted by atomic mass is 16.5. The molecule has 0 saturated heterocycles. The fourth-order valence-electron chi connectivity index (χ4n) is 11.8. The Balaban J connectivity index is 1.10. The maximum absolute atomic E-state index is 9.24. The molecular weight excluding hydrogens is 827 g/mol. The Labute approximate surface area is 400 Å². The quantitative estimate of drug-likeness (QED) is 0.146. The van der Waals surface area contributed by atoms with Gasteiger partial charge >= 0.3 is 11.7 Å². The van der Waals surface area contributed by atoms with Crippen LogP contribution in [0.1, 0.15) is 74.3 Å². The van der Waals surface area contributed by atoms with Crippen molar-refractivity contribution in [3.8, 4) is 89.7 Å². The molecule has 1 atom stereocenters. The van der Waals surface area contributed by atoms with Crippen LogP contribution in [-0.2, 0) is 5.85 Å². The van der Waals surface area contributed by atoms with Gasteiger partial charge in [-0.2, -0.15) is 4.57 Å². The lowest BCUT2D eigenvalue weighted by Gasteiger charge is -2.33. The number of ether oxygens (including phenoxy) is 1. The van der Waals surface area contributed by atoms with Crippen molar-refractivity contribution in [1.82, 2.24) is 4.57 Å². The summed E-state index contributed by atoms with van der Waals surface area (Å²) in [5.74, 6) is 0.428. The SMILES string of the molecule is [2H]C(C)(C)c1cccc(C(C)C)c1-c1ccc(-n2c3[n+]4c5c(cccc52)-c2cc(-c5ccccc5)cc5c2C4(Oc2c(C)cc(C)cc2-3)[n+]2ccc(-c3ccc(-c4ccccc4)cc3)cc2-5)c(C)c1. The van der Waals surface area contributed by atoms with Crippen LogP contribution in [0.25, 0.3) is 95.0 Å². The Kier molecular flexibility index (Phi) is 8.59. The molecule has 3 aliphatic heterocycles. The molecule has 0 N–H and O–H groups in total. The first-order chi connectivity index (χ1) is 33.4. The molecule has 0 radical (unpaired) electrons. The molecule has 4 nitrogen and oxygen atoms in total. The van der Waals surface area contributed by atoms with E-state index in [1.165, 1.54) is 50.1 Å². The number of aryl methyl sites for hydroxylation is 3. The molecule has 0 aliphatic carbocycles. The van der Waals surface area contributed by atoms with Crippen molar-refractivity contribution in [2.75, 3.05) is 0 Å². The van der Waals surface area contributed by atoms with Crippen molar-refractivity contribution in [2.45, 2.75) is 66.1 Å². The molecule has 0 amide bonds. The van der Waals surface area contributed by atoms with Crippen molar-refractivity contribution in [3.05, 3.63) is 216 Å². The van der Waals surface area contributed by atoms with Gasteiger partial charge < -0.3 is 4.74 Å². The number of hydrogen-bond acceptors (Lipinski definition) is 1. The van der Waals surface area contributed by atoms with E-state index in [1.807, 2.05) is 13.8 Å². The molecule has 1 unspecified atom stereocenters. The molecule has 8 aromatic carbocycles. The Morgan fingerprint density at radius 1 is 0.529 bits per heavy atom. The third kappa shape index (κ3) is 5.67. The van der Waals surface area contributed by atoms with Gasteiger partial charge in [0, 0.05) is 24.6 Å². The van der Waals surface area contributed by atoms with E-state index < -0.39 is 11.7 Å². The van der Waals surface area contributed by atoms with Crippen molar-refractivity contribution < 1.29 is 15.2 Å². The van der Waals surface area contributed by atoms with Gasteiger partial charge in [0.15, 0.2) is 23.0 Å². The van der Waals surface area contributed by atoms with Gasteiger partial charge in [-0.25, -0.2) is 0 Å². The molecule has 4 heteroatoms. The van der Waals surface area contributed by atoms with E-state index in [9.17, 15) is 1.37 Å². The van der Waals surface area contributed by atoms with Gasteiger partial charge in [0.1, 0.15) is 16.8 Å². The standard InChI is InChI=1S/C64H53N3O/c1-38(2)50-20-14-21-51(39(3)4)59(50)48-28-29-56(41(6)34-48)66-57-23-15-22-52-53-35-49(44-18-12-9-13-19-44)36-54-58-37-47(46-26-24-45(25-27-46)43-16-10-8-11-17-43)30-31-65(58)64(60(53)54)67(61(52)57)63(66)55-33-40(5)32-42(7)62(55)68-64/h8-39H,1-7H3/q+2/i38D. The molecule has 2 aromatic heterocycles. The molecule has 328 valence electrons. The van der Waals surface area contributed by atoms with Gasteiger partial charge in [-0.15, -0.1) is 9.13 Å². The summed E-state index contributed by atoms with van der Waals surface area (Å²) in [5, 5.41) is 0. The van der Waals surface area contributed by atoms with Crippen LogP contribution in [0.15, 0.2) is 182 Å². The Morgan fingerprint density at radius 3 is 1.88 bits per heavy atom. The lowest BCUT2D eigenvalue weighted by molar-refractivity contribution is -0.997. The monoisotopic (exact) mass is 880 g/mol. The summed E-state index contributed by atoms with van der Waals surface area (Å²) in [4.78, 5) is 0. The van der Waals surface area contributed by atoms with Crippen molar-refractivity contribution in [3.63, 3.8) is 0 Å². The number of imidazole rings is 1. The maximum atomic E-state index is 9.24. The normalized spacial score (nSPS) is 15.2. The number of aromatic nitrogens is 3. The second-order valence-electron chi connectivity index (χ2n) is 19.7. The molecule has 68 heavy (non-hydrogen) atoms. The molecule has 0 bridgehead atoms. The molecule has 0 saturated carbocycles. The lowest BCUT2D eigenvalue weighted by atomic mass is 9.84. The van der Waals surface area contributed by atoms with Crippen LogP contribution < -0.4 is 13.9 Å². The third-order valence-corrected chi connectivity index (χ3v) is 14.8. The zero-order valence-electron chi connectivity index (χ0n) is 40.6. The van der Waals surface area contributed by atoms with Crippen LogP contribution in [-0.4, -0.2) is 4.57 Å². The van der Waals surface area contributed by atoms with E-state index in [1.54, 1.807) is 0 Å². The smallest absolute Gasteiger partial charge is 0.392 e. The molecule has 0 fully saturated rings. The highest BCUT2D eigenvalue weighted by Crippen LogP contribution is 2.55. The van der Waals surface area contributed by atoms with Crippen LogP contribution in [0.3, 0.4) is 0 Å². The predicted molar refractivity (Wildman–Crippen MR) is 277 cm³/mol. The number of nitrogens with zero attached hydrogens (tertiary/aromatic N) is 3. The Morgan fingerprint density at radius 2 is 1.18 bits per heavy atom. The number of rotatable bonds is 7. The van der Waals surface area contributed by atoms with E-state index in [0.717, 1.165) is 84.1 Å². The van der Waals surface area contributed by atoms with E-state index in [0.29, 0.717) is 5.92 Å². The van der Waals surface area contributed by atoms with E-state index in [4.69, 9.17) is 4.74 Å². The van der Waals surface area contributed by atoms with Crippen molar-refractivity contribution in [1.29, 1.82) is 0 Å². The zero-order valence-corrected chi connectivity index (χ0v) is 39.6. The number of para-hydroxylation sites is 1. The number of fused-ring (bicyclic) bond motifs is 5. The summed E-state index contributed by atoms with van der Waals surface area (Å²) in [6.07, 6.45) is 2.27. The van der Waals surface area contributed by atoms with Gasteiger partial charge in [-0.3, -0.25) is 0 Å². The number of benzene rings is 8. The zero-order chi connectivity index (χ0) is 47.1. The minimum atomic E-state index is -1.08. The number of pyridine rings is 1. The largest absolute Gasteiger partial charge is 0.499 e. The summed E-state index contributed by atoms with van der Waals surface area (Å²) in [6.45, 7) is 15.1. The van der Waals surface area contributed by atoms with Crippen LogP contribution in [0.5, 0.6) is 5.75 Å². The summed E-state index contributed by atoms with van der Waals surface area (Å²) in [6, 6.07) is 64.6. The van der Waals surface area contributed by atoms with Gasteiger partial charge in [0.2, 0.25) is 5.69 Å². The molecular formula is C64H53N3O+2. The van der Waals surface area contributed by atoms with Gasteiger partial charge in [-0.1, -0.05) is 149 Å². The minimum Gasteiger partial charge on any atom is -0.392 e. The van der Waals surface area contributed by atoms with Crippen LogP contribution >= 0.6 is 0 Å². The average molecular weight is 881 g/mol. The van der Waals surface area contributed by atoms with Gasteiger partial charge in [0.05, 0.1) is 5.56 Å². The third-order valence-electron chi connectivity index (χ3n) is 14.8. The highest BCUT2D eigenvalue weighted by molar-refractivity contribution is 5.99. The van der Waals surface area contributed by atoms with Crippen LogP contribution in [0, 0.1) is 20.8 Å². The fraction of sp³-hybridized carbons (Fsp3) is 0.156. The molecule has 3 aliphatic rings. The molecule has 10 aromatic rings. The van der Waals surface area contributed by atoms with Gasteiger partial charge in [0.25, 0.3) is 0 Å². The molecule has 13 rings (SSSR count). The number of hydrogen-bond donors (Lipinski definition) is 0. The summed E-state index contributed by atoms with van der Waals surface area (Å²) in [5.41, 5.74) is 25.3. The van der Waals surface area contributed by atoms with E-state index in [-0.39, 0.29) is 0 Å². The topological polar surface area (TPSA) is 21.9 Å². The summed E-state index contributed by atoms with van der Waals surface area (Å²) in [7, 11) is 0. The first-order valence-corrected chi connectivity index (χ1v) is 24.0. The molecule has 1 spiro atoms. The lowest BCUT2D eigenvalue weighted by Crippen LogP contribution is -2.78. The van der Waals surface area contributed by atoms with Crippen molar-refractivity contribution >= 4 is 11.0 Å². The average Bonchev–Trinajstić information content (AvgIpc) is 3.85. The first kappa shape index (κ1) is 39.4. The predicted octanol–water partition coefficient (Wildman–Crippen LogP) is 15.3. The minimum absolute atomic E-state index is 0.301. The molecule has 5 heterocycles. The van der Waals surface area contributed by atoms with E-state index in [2.05, 4.69) is 230 Å². The second-order valence-corrected chi connectivity index (χ2v) is 19.7. The second kappa shape index (κ2) is 14.8. The Hall–Kier alpha value is -7.82. The summed E-state index contributed by atoms with van der Waals surface area (Å²) >= 11 is 0. The maximum Gasteiger partial charge on any atom is 0.499 e. The summed E-state index contributed by atoms with van der Waals surface area (Å²) < 4.78 is 24.6. The van der Waals surface area contributed by atoms with Crippen LogP contribution in [0.4, 0.5) is 0 Å². The first-order valence-electron chi connectivity index (χ1n) is 24.5. The highest BCUT2D eigenvalue weighted by Gasteiger charge is 2.68. The van der Waals surface area contributed by atoms with Crippen LogP contribution in [0.2, 0.25) is 0 Å². The van der Waals surface area contributed by atoms with Gasteiger partial charge in [-0.05, 0) is 147 Å².